The van der Waals surface area contributed by atoms with E-state index in [1.54, 1.807) is 6.07 Å². The molecular weight excluding hydrogens is 267 g/mol. The summed E-state index contributed by atoms with van der Waals surface area (Å²) >= 11 is 9.17. The molecule has 1 aromatic rings. The fourth-order valence-electron chi connectivity index (χ4n) is 1.29. The number of carbonyl (C=O) groups is 1. The van der Waals surface area contributed by atoms with Crippen molar-refractivity contribution in [3.63, 3.8) is 0 Å². The Hall–Kier alpha value is -0.740. The molecule has 76 valence electrons. The minimum atomic E-state index is -0.602. The van der Waals surface area contributed by atoms with Crippen LogP contribution in [0.15, 0.2) is 10.5 Å². The van der Waals surface area contributed by atoms with Gasteiger partial charge in [-0.05, 0) is 18.1 Å². The largest absolute Gasteiger partial charge is 0.398 e. The first-order chi connectivity index (χ1) is 6.49. The number of nitrogens with two attached hydrogens (primary N) is 2. The molecule has 0 saturated carbocycles. The van der Waals surface area contributed by atoms with Crippen molar-refractivity contribution < 1.29 is 4.79 Å². The lowest BCUT2D eigenvalue weighted by Gasteiger charge is -2.11. The summed E-state index contributed by atoms with van der Waals surface area (Å²) in [4.78, 5) is 11.1. The number of anilines is 1. The second kappa shape index (κ2) is 4.19. The van der Waals surface area contributed by atoms with Gasteiger partial charge in [0.2, 0.25) is 0 Å². The maximum atomic E-state index is 11.1. The molecule has 3 nitrogen and oxygen atoms in total. The predicted molar refractivity (Wildman–Crippen MR) is 61.5 cm³/mol. The van der Waals surface area contributed by atoms with Crippen LogP contribution in [0, 0.1) is 0 Å². The molecule has 0 saturated heterocycles. The molecule has 1 amide bonds. The van der Waals surface area contributed by atoms with Crippen molar-refractivity contribution in [2.24, 2.45) is 5.73 Å². The number of amides is 1. The van der Waals surface area contributed by atoms with Gasteiger partial charge in [0.05, 0.1) is 16.3 Å². The molecule has 0 fully saturated rings. The second-order valence-electron chi connectivity index (χ2n) is 2.83. The molecule has 0 radical (unpaired) electrons. The van der Waals surface area contributed by atoms with Gasteiger partial charge in [0.1, 0.15) is 0 Å². The zero-order valence-corrected chi connectivity index (χ0v) is 9.95. The summed E-state index contributed by atoms with van der Waals surface area (Å²) < 4.78 is 0.799. The van der Waals surface area contributed by atoms with Gasteiger partial charge in [-0.1, -0.05) is 34.5 Å². The smallest absolute Gasteiger partial charge is 0.252 e. The second-order valence-corrected chi connectivity index (χ2v) is 4.09. The fraction of sp³-hybridized carbons (Fsp3) is 0.222. The van der Waals surface area contributed by atoms with E-state index in [-0.39, 0.29) is 10.6 Å². The fourth-order valence-corrected chi connectivity index (χ4v) is 2.45. The first kappa shape index (κ1) is 11.3. The van der Waals surface area contributed by atoms with Crippen molar-refractivity contribution in [3.05, 3.63) is 26.7 Å². The van der Waals surface area contributed by atoms with Crippen molar-refractivity contribution in [3.8, 4) is 0 Å². The Morgan fingerprint density at radius 3 is 2.64 bits per heavy atom. The van der Waals surface area contributed by atoms with Gasteiger partial charge >= 0.3 is 0 Å². The topological polar surface area (TPSA) is 69.1 Å². The summed E-state index contributed by atoms with van der Waals surface area (Å²) in [5.41, 5.74) is 12.4. The van der Waals surface area contributed by atoms with Crippen LogP contribution in [0.5, 0.6) is 0 Å². The van der Waals surface area contributed by atoms with E-state index >= 15 is 0 Å². The number of halogens is 2. The summed E-state index contributed by atoms with van der Waals surface area (Å²) in [5.74, 6) is -0.602. The molecule has 0 aliphatic rings. The highest BCUT2D eigenvalue weighted by atomic mass is 79.9. The van der Waals surface area contributed by atoms with E-state index in [2.05, 4.69) is 15.9 Å². The summed E-state index contributed by atoms with van der Waals surface area (Å²) in [6.07, 6.45) is 0.712. The van der Waals surface area contributed by atoms with E-state index in [1.807, 2.05) is 6.92 Å². The van der Waals surface area contributed by atoms with Gasteiger partial charge in [0.15, 0.2) is 0 Å². The standard InChI is InChI=1S/C9H10BrClN2O/c1-2-4-5(10)3-6(11)7(8(4)12)9(13)14/h3H,2,12H2,1H3,(H2,13,14). The van der Waals surface area contributed by atoms with Crippen LogP contribution in [0.1, 0.15) is 22.8 Å². The Kier molecular flexibility index (Phi) is 3.39. The summed E-state index contributed by atoms with van der Waals surface area (Å²) in [6.45, 7) is 1.94. The van der Waals surface area contributed by atoms with Crippen LogP contribution in [0.2, 0.25) is 5.02 Å². The first-order valence-electron chi connectivity index (χ1n) is 4.05. The van der Waals surface area contributed by atoms with E-state index in [4.69, 9.17) is 23.1 Å². The third-order valence-electron chi connectivity index (χ3n) is 1.97. The zero-order valence-electron chi connectivity index (χ0n) is 7.60. The minimum absolute atomic E-state index is 0.201. The number of rotatable bonds is 2. The third-order valence-corrected chi connectivity index (χ3v) is 2.98. The number of primary amides is 1. The molecule has 0 aliphatic carbocycles. The van der Waals surface area contributed by atoms with Crippen LogP contribution in [0.4, 0.5) is 5.69 Å². The molecule has 5 heteroatoms. The lowest BCUT2D eigenvalue weighted by Crippen LogP contribution is -2.15. The Balaban J connectivity index is 3.52. The van der Waals surface area contributed by atoms with Gasteiger partial charge in [-0.2, -0.15) is 0 Å². The van der Waals surface area contributed by atoms with Crippen LogP contribution >= 0.6 is 27.5 Å². The Labute approximate surface area is 95.5 Å². The van der Waals surface area contributed by atoms with Gasteiger partial charge < -0.3 is 11.5 Å². The van der Waals surface area contributed by atoms with Crippen molar-refractivity contribution in [2.75, 3.05) is 5.73 Å². The van der Waals surface area contributed by atoms with E-state index in [9.17, 15) is 4.79 Å². The number of hydrogen-bond acceptors (Lipinski definition) is 2. The van der Waals surface area contributed by atoms with Gasteiger partial charge in [0.25, 0.3) is 5.91 Å². The van der Waals surface area contributed by atoms with Crippen molar-refractivity contribution in [1.82, 2.24) is 0 Å². The van der Waals surface area contributed by atoms with E-state index < -0.39 is 5.91 Å². The highest BCUT2D eigenvalue weighted by molar-refractivity contribution is 9.10. The number of hydrogen-bond donors (Lipinski definition) is 2. The lowest BCUT2D eigenvalue weighted by molar-refractivity contribution is 0.100. The van der Waals surface area contributed by atoms with Crippen LogP contribution in [0.25, 0.3) is 0 Å². The van der Waals surface area contributed by atoms with Crippen LogP contribution in [-0.2, 0) is 6.42 Å². The molecule has 0 aromatic heterocycles. The van der Waals surface area contributed by atoms with Gasteiger partial charge in [-0.25, -0.2) is 0 Å². The number of carbonyl (C=O) groups excluding carboxylic acids is 1. The van der Waals surface area contributed by atoms with Gasteiger partial charge in [0, 0.05) is 4.47 Å². The molecule has 0 aliphatic heterocycles. The van der Waals surface area contributed by atoms with Crippen molar-refractivity contribution >= 4 is 39.1 Å². The molecule has 14 heavy (non-hydrogen) atoms. The van der Waals surface area contributed by atoms with Crippen molar-refractivity contribution in [1.29, 1.82) is 0 Å². The molecule has 0 bridgehead atoms. The Morgan fingerprint density at radius 1 is 1.64 bits per heavy atom. The van der Waals surface area contributed by atoms with Crippen LogP contribution in [-0.4, -0.2) is 5.91 Å². The molecule has 4 N–H and O–H groups in total. The number of benzene rings is 1. The van der Waals surface area contributed by atoms with Gasteiger partial charge in [-0.15, -0.1) is 0 Å². The normalized spacial score (nSPS) is 10.2. The average Bonchev–Trinajstić information content (AvgIpc) is 2.02. The minimum Gasteiger partial charge on any atom is -0.398 e. The summed E-state index contributed by atoms with van der Waals surface area (Å²) in [6, 6.07) is 1.64. The summed E-state index contributed by atoms with van der Waals surface area (Å²) in [5, 5.41) is 0.277. The SMILES string of the molecule is CCc1c(Br)cc(Cl)c(C(N)=O)c1N. The Bertz CT molecular complexity index is 393. The molecule has 0 unspecified atom stereocenters. The van der Waals surface area contributed by atoms with E-state index in [1.165, 1.54) is 0 Å². The van der Waals surface area contributed by atoms with Crippen molar-refractivity contribution in [2.45, 2.75) is 13.3 Å². The highest BCUT2D eigenvalue weighted by Gasteiger charge is 2.16. The molecular formula is C9H10BrClN2O. The first-order valence-corrected chi connectivity index (χ1v) is 5.22. The van der Waals surface area contributed by atoms with Crippen LogP contribution < -0.4 is 11.5 Å². The third kappa shape index (κ3) is 1.86. The quantitative estimate of drug-likeness (QED) is 0.815. The number of nitrogen functional groups attached to an aromatic ring is 1. The molecule has 0 spiro atoms. The molecule has 0 heterocycles. The van der Waals surface area contributed by atoms with E-state index in [0.29, 0.717) is 12.1 Å². The summed E-state index contributed by atoms with van der Waals surface area (Å²) in [7, 11) is 0. The van der Waals surface area contributed by atoms with Crippen LogP contribution in [0.3, 0.4) is 0 Å². The molecule has 1 aromatic carbocycles. The Morgan fingerprint density at radius 2 is 2.21 bits per heavy atom. The lowest BCUT2D eigenvalue weighted by atomic mass is 10.0. The van der Waals surface area contributed by atoms with Gasteiger partial charge in [-0.3, -0.25) is 4.79 Å². The maximum absolute atomic E-state index is 11.1. The average molecular weight is 278 g/mol. The zero-order chi connectivity index (χ0) is 10.9. The van der Waals surface area contributed by atoms with E-state index in [0.717, 1.165) is 10.0 Å². The highest BCUT2D eigenvalue weighted by Crippen LogP contribution is 2.32. The molecule has 0 atom stereocenters. The monoisotopic (exact) mass is 276 g/mol. The predicted octanol–water partition coefficient (Wildman–Crippen LogP) is 2.35. The molecule has 1 rings (SSSR count). The maximum Gasteiger partial charge on any atom is 0.252 e.